The van der Waals surface area contributed by atoms with Gasteiger partial charge in [0.05, 0.1) is 0 Å². The van der Waals surface area contributed by atoms with Gasteiger partial charge in [0.1, 0.15) is 5.60 Å². The topological polar surface area (TPSA) is 26.3 Å². The van der Waals surface area contributed by atoms with Crippen LogP contribution < -0.4 is 0 Å². The number of ketones is 1. The molecule has 1 heterocycles. The fourth-order valence-electron chi connectivity index (χ4n) is 3.74. The summed E-state index contributed by atoms with van der Waals surface area (Å²) in [6.45, 7) is 3.16. The van der Waals surface area contributed by atoms with Crippen molar-refractivity contribution < 1.29 is 9.53 Å². The second kappa shape index (κ2) is 3.81. The van der Waals surface area contributed by atoms with Gasteiger partial charge in [-0.25, -0.2) is 0 Å². The lowest BCUT2D eigenvalue weighted by atomic mass is 9.63. The molecule has 0 aromatic carbocycles. The van der Waals surface area contributed by atoms with Crippen LogP contribution in [0.4, 0.5) is 0 Å². The maximum atomic E-state index is 11.6. The van der Waals surface area contributed by atoms with Crippen molar-refractivity contribution >= 4 is 5.78 Å². The molecule has 0 amide bonds. The Morgan fingerprint density at radius 2 is 2.12 bits per heavy atom. The van der Waals surface area contributed by atoms with Crippen molar-refractivity contribution in [3.8, 4) is 0 Å². The Hall–Kier alpha value is -0.890. The summed E-state index contributed by atoms with van der Waals surface area (Å²) in [4.78, 5) is 11.6. The van der Waals surface area contributed by atoms with Crippen molar-refractivity contribution in [2.24, 2.45) is 5.41 Å². The number of rotatable bonds is 0. The molecule has 1 aliphatic heterocycles. The van der Waals surface area contributed by atoms with Crippen molar-refractivity contribution in [3.05, 3.63) is 23.8 Å². The van der Waals surface area contributed by atoms with Crippen LogP contribution in [0.15, 0.2) is 23.8 Å². The first kappa shape index (κ1) is 11.2. The lowest BCUT2D eigenvalue weighted by Crippen LogP contribution is -2.45. The second-order valence-electron chi connectivity index (χ2n) is 5.86. The van der Waals surface area contributed by atoms with Crippen LogP contribution in [0.25, 0.3) is 0 Å². The minimum atomic E-state index is -0.263. The Bertz CT molecular complexity index is 407. The average Bonchev–Trinajstić information content (AvgIpc) is 2.59. The lowest BCUT2D eigenvalue weighted by molar-refractivity contribution is -0.111. The van der Waals surface area contributed by atoms with Gasteiger partial charge in [0.25, 0.3) is 0 Å². The Morgan fingerprint density at radius 3 is 3.00 bits per heavy atom. The van der Waals surface area contributed by atoms with Crippen LogP contribution in [0, 0.1) is 5.41 Å². The highest BCUT2D eigenvalue weighted by molar-refractivity contribution is 6.01. The van der Waals surface area contributed by atoms with Crippen molar-refractivity contribution in [3.63, 3.8) is 0 Å². The zero-order valence-corrected chi connectivity index (χ0v) is 10.5. The van der Waals surface area contributed by atoms with E-state index in [-0.39, 0.29) is 16.8 Å². The van der Waals surface area contributed by atoms with Gasteiger partial charge in [-0.15, -0.1) is 0 Å². The van der Waals surface area contributed by atoms with Crippen molar-refractivity contribution in [1.29, 1.82) is 0 Å². The molecule has 2 aliphatic carbocycles. The van der Waals surface area contributed by atoms with E-state index >= 15 is 0 Å². The van der Waals surface area contributed by atoms with Crippen LogP contribution in [0.2, 0.25) is 0 Å². The van der Waals surface area contributed by atoms with Crippen LogP contribution in [0.3, 0.4) is 0 Å². The van der Waals surface area contributed by atoms with Gasteiger partial charge in [0.15, 0.2) is 5.78 Å². The van der Waals surface area contributed by atoms with Crippen LogP contribution in [-0.4, -0.2) is 18.0 Å². The SMILES string of the molecule is C[C@]12CCCCCC3=CC(=O)C=C[C@@]31OCC2. The van der Waals surface area contributed by atoms with Gasteiger partial charge >= 0.3 is 0 Å². The number of ether oxygens (including phenoxy) is 1. The van der Waals surface area contributed by atoms with E-state index in [0.29, 0.717) is 0 Å². The Balaban J connectivity index is 2.08. The largest absolute Gasteiger partial charge is 0.366 e. The molecule has 0 radical (unpaired) electrons. The normalized spacial score (nSPS) is 41.2. The van der Waals surface area contributed by atoms with Gasteiger partial charge in [-0.05, 0) is 49.5 Å². The Labute approximate surface area is 103 Å². The van der Waals surface area contributed by atoms with E-state index in [2.05, 4.69) is 6.92 Å². The average molecular weight is 232 g/mol. The van der Waals surface area contributed by atoms with Crippen LogP contribution in [-0.2, 0) is 9.53 Å². The first-order valence-electron chi connectivity index (χ1n) is 6.75. The molecule has 92 valence electrons. The summed E-state index contributed by atoms with van der Waals surface area (Å²) in [5.41, 5.74) is 1.15. The third kappa shape index (κ3) is 1.54. The van der Waals surface area contributed by atoms with E-state index in [1.807, 2.05) is 12.2 Å². The molecule has 3 aliphatic rings. The highest BCUT2D eigenvalue weighted by Crippen LogP contribution is 2.54. The molecule has 2 fully saturated rings. The predicted molar refractivity (Wildman–Crippen MR) is 66.7 cm³/mol. The predicted octanol–water partition coefficient (Wildman–Crippen LogP) is 3.18. The molecular weight excluding hydrogens is 212 g/mol. The van der Waals surface area contributed by atoms with Gasteiger partial charge in [0, 0.05) is 12.0 Å². The molecule has 17 heavy (non-hydrogen) atoms. The Kier molecular flexibility index (Phi) is 2.51. The third-order valence-electron chi connectivity index (χ3n) is 4.83. The number of allylic oxidation sites excluding steroid dienone is 2. The highest BCUT2D eigenvalue weighted by Gasteiger charge is 2.54. The molecule has 0 N–H and O–H groups in total. The van der Waals surface area contributed by atoms with Crippen LogP contribution in [0.5, 0.6) is 0 Å². The van der Waals surface area contributed by atoms with E-state index in [0.717, 1.165) is 19.4 Å². The lowest BCUT2D eigenvalue weighted by Gasteiger charge is -2.44. The fraction of sp³-hybridized carbons (Fsp3) is 0.667. The molecule has 2 atom stereocenters. The minimum absolute atomic E-state index is 0.129. The number of hydrogen-bond acceptors (Lipinski definition) is 2. The first-order chi connectivity index (χ1) is 8.16. The van der Waals surface area contributed by atoms with E-state index < -0.39 is 0 Å². The van der Waals surface area contributed by atoms with Crippen LogP contribution in [0.1, 0.15) is 45.4 Å². The molecule has 2 heteroatoms. The standard InChI is InChI=1S/C15H20O2/c1-14-7-4-2-3-5-12-11-13(16)6-8-15(12,14)17-10-9-14/h6,8,11H,2-5,7,9-10H2,1H3/t14-,15-/m1/s1. The van der Waals surface area contributed by atoms with Gasteiger partial charge in [0.2, 0.25) is 0 Å². The summed E-state index contributed by atoms with van der Waals surface area (Å²) in [7, 11) is 0. The maximum absolute atomic E-state index is 11.6. The molecule has 0 unspecified atom stereocenters. The monoisotopic (exact) mass is 232 g/mol. The van der Waals surface area contributed by atoms with E-state index in [1.165, 1.54) is 31.3 Å². The quantitative estimate of drug-likeness (QED) is 0.641. The maximum Gasteiger partial charge on any atom is 0.178 e. The smallest absolute Gasteiger partial charge is 0.178 e. The summed E-state index contributed by atoms with van der Waals surface area (Å²) in [5.74, 6) is 0.129. The summed E-state index contributed by atoms with van der Waals surface area (Å²) in [5, 5.41) is 0. The van der Waals surface area contributed by atoms with Gasteiger partial charge < -0.3 is 4.74 Å². The summed E-state index contributed by atoms with van der Waals surface area (Å²) < 4.78 is 6.13. The van der Waals surface area contributed by atoms with Gasteiger partial charge in [-0.2, -0.15) is 0 Å². The van der Waals surface area contributed by atoms with Gasteiger partial charge in [-0.1, -0.05) is 19.8 Å². The molecule has 3 rings (SSSR count). The first-order valence-corrected chi connectivity index (χ1v) is 6.75. The zero-order chi connectivity index (χ0) is 11.9. The molecule has 0 aromatic heterocycles. The summed E-state index contributed by atoms with van der Waals surface area (Å²) in [6, 6.07) is 0. The third-order valence-corrected chi connectivity index (χ3v) is 4.83. The van der Waals surface area contributed by atoms with Crippen molar-refractivity contribution in [1.82, 2.24) is 0 Å². The Morgan fingerprint density at radius 1 is 1.24 bits per heavy atom. The summed E-state index contributed by atoms with van der Waals surface area (Å²) in [6.07, 6.45) is 12.7. The van der Waals surface area contributed by atoms with Gasteiger partial charge in [-0.3, -0.25) is 4.79 Å². The molecule has 0 bridgehead atoms. The zero-order valence-electron chi connectivity index (χ0n) is 10.5. The van der Waals surface area contributed by atoms with Crippen molar-refractivity contribution in [2.75, 3.05) is 6.61 Å². The summed E-state index contributed by atoms with van der Waals surface area (Å²) >= 11 is 0. The van der Waals surface area contributed by atoms with E-state index in [9.17, 15) is 4.79 Å². The highest BCUT2D eigenvalue weighted by atomic mass is 16.5. The molecule has 0 aromatic rings. The minimum Gasteiger partial charge on any atom is -0.366 e. The molecule has 2 nitrogen and oxygen atoms in total. The number of carbonyl (C=O) groups excluding carboxylic acids is 1. The molecule has 1 saturated heterocycles. The second-order valence-corrected chi connectivity index (χ2v) is 5.86. The van der Waals surface area contributed by atoms with E-state index in [4.69, 9.17) is 4.74 Å². The van der Waals surface area contributed by atoms with Crippen molar-refractivity contribution in [2.45, 2.75) is 51.0 Å². The molecular formula is C15H20O2. The molecule has 1 spiro atoms. The molecule has 1 saturated carbocycles. The fourth-order valence-corrected chi connectivity index (χ4v) is 3.74. The van der Waals surface area contributed by atoms with Crippen LogP contribution >= 0.6 is 0 Å². The number of hydrogen-bond donors (Lipinski definition) is 0. The number of carbonyl (C=O) groups is 1. The van der Waals surface area contributed by atoms with E-state index in [1.54, 1.807) is 6.08 Å².